The van der Waals surface area contributed by atoms with Crippen LogP contribution in [0.2, 0.25) is 0 Å². The third-order valence-electron chi connectivity index (χ3n) is 1.66. The van der Waals surface area contributed by atoms with Gasteiger partial charge in [0.25, 0.3) is 0 Å². The van der Waals surface area contributed by atoms with Gasteiger partial charge >= 0.3 is 73.1 Å². The van der Waals surface area contributed by atoms with Crippen LogP contribution >= 0.6 is 0 Å². The third-order valence-corrected chi connectivity index (χ3v) is 1.66. The fourth-order valence-corrected chi connectivity index (χ4v) is 1.13. The molecule has 26 heavy (non-hydrogen) atoms. The van der Waals surface area contributed by atoms with Gasteiger partial charge in [0.15, 0.2) is 0 Å². The fraction of sp³-hybridized carbons (Fsp3) is 0. The van der Waals surface area contributed by atoms with Gasteiger partial charge in [-0.15, -0.1) is 0 Å². The zero-order chi connectivity index (χ0) is 20.3. The van der Waals surface area contributed by atoms with Crippen molar-refractivity contribution in [3.8, 4) is 0 Å². The first kappa shape index (κ1) is 30.4. The molecular formula is C10H9B3F12K-3. The first-order valence-corrected chi connectivity index (χ1v) is 6.02. The summed E-state index contributed by atoms with van der Waals surface area (Å²) in [6, 6.07) is 16.7. The van der Waals surface area contributed by atoms with Gasteiger partial charge in [-0.3, -0.25) is 0 Å². The molecule has 0 radical (unpaired) electrons. The Labute approximate surface area is 184 Å². The van der Waals surface area contributed by atoms with Gasteiger partial charge in [-0.1, -0.05) is 48.5 Å². The van der Waals surface area contributed by atoms with Gasteiger partial charge < -0.3 is 53.2 Å². The SMILES string of the molecule is F[B-](F)(F)F.F[B-](F)(F)F.F[B-](F)(F)F.[H-].[K+].c1ccc2ccccc2c1. The summed E-state index contributed by atoms with van der Waals surface area (Å²) in [6.45, 7) is 0. The molecule has 0 saturated carbocycles. The van der Waals surface area contributed by atoms with Crippen LogP contribution < -0.4 is 51.4 Å². The molecule has 0 heterocycles. The monoisotopic (exact) mass is 429 g/mol. The summed E-state index contributed by atoms with van der Waals surface area (Å²) < 4.78 is 117. The molecule has 0 aliphatic rings. The maximum absolute atomic E-state index is 9.75. The molecule has 0 amide bonds. The summed E-state index contributed by atoms with van der Waals surface area (Å²) in [5.41, 5.74) is 0. The second-order valence-electron chi connectivity index (χ2n) is 3.83. The summed E-state index contributed by atoms with van der Waals surface area (Å²) >= 11 is 0. The summed E-state index contributed by atoms with van der Waals surface area (Å²) in [4.78, 5) is 0. The third kappa shape index (κ3) is 39.0. The smallest absolute Gasteiger partial charge is 1.00 e. The van der Waals surface area contributed by atoms with Crippen molar-refractivity contribution < 1.29 is 105 Å². The minimum atomic E-state index is -6.00. The van der Waals surface area contributed by atoms with Crippen LogP contribution in [-0.2, 0) is 0 Å². The summed E-state index contributed by atoms with van der Waals surface area (Å²) in [6.07, 6.45) is 0. The molecule has 146 valence electrons. The van der Waals surface area contributed by atoms with E-state index in [1.54, 1.807) is 0 Å². The van der Waals surface area contributed by atoms with Gasteiger partial charge in [-0.05, 0) is 10.8 Å². The van der Waals surface area contributed by atoms with Crippen LogP contribution in [0.3, 0.4) is 0 Å². The number of fused-ring (bicyclic) bond motifs is 1. The van der Waals surface area contributed by atoms with Crippen molar-refractivity contribution in [2.45, 2.75) is 0 Å². The molecule has 0 N–H and O–H groups in total. The molecule has 0 saturated heterocycles. The zero-order valence-corrected chi connectivity index (χ0v) is 16.0. The Morgan fingerprint density at radius 2 is 0.538 bits per heavy atom. The van der Waals surface area contributed by atoms with E-state index in [-0.39, 0.29) is 52.8 Å². The zero-order valence-electron chi connectivity index (χ0n) is 13.9. The Hall–Kier alpha value is -0.309. The van der Waals surface area contributed by atoms with E-state index in [2.05, 4.69) is 48.5 Å². The largest absolute Gasteiger partial charge is 1.00 e. The molecule has 0 nitrogen and oxygen atoms in total. The Balaban J connectivity index is -0.000000137. The van der Waals surface area contributed by atoms with E-state index < -0.39 is 21.8 Å². The van der Waals surface area contributed by atoms with Gasteiger partial charge in [0.05, 0.1) is 0 Å². The summed E-state index contributed by atoms with van der Waals surface area (Å²) in [5.74, 6) is 0. The van der Waals surface area contributed by atoms with Crippen molar-refractivity contribution in [3.05, 3.63) is 48.5 Å². The maximum Gasteiger partial charge on any atom is 1.00 e. The second kappa shape index (κ2) is 13.8. The Morgan fingerprint density at radius 3 is 0.654 bits per heavy atom. The first-order chi connectivity index (χ1) is 11.0. The molecule has 0 fully saturated rings. The predicted octanol–water partition coefficient (Wildman–Crippen LogP) is 3.86. The van der Waals surface area contributed by atoms with Crippen molar-refractivity contribution in [1.29, 1.82) is 0 Å². The molecule has 2 aromatic carbocycles. The van der Waals surface area contributed by atoms with E-state index in [0.29, 0.717) is 0 Å². The van der Waals surface area contributed by atoms with Gasteiger partial charge in [-0.25, -0.2) is 0 Å². The van der Waals surface area contributed by atoms with Crippen LogP contribution in [0.5, 0.6) is 0 Å². The maximum atomic E-state index is 9.75. The van der Waals surface area contributed by atoms with E-state index in [1.807, 2.05) is 0 Å². The van der Waals surface area contributed by atoms with Crippen molar-refractivity contribution in [3.63, 3.8) is 0 Å². The molecule has 2 aromatic rings. The van der Waals surface area contributed by atoms with Crippen LogP contribution in [0.25, 0.3) is 10.8 Å². The molecule has 0 unspecified atom stereocenters. The minimum Gasteiger partial charge on any atom is -1.00 e. The van der Waals surface area contributed by atoms with E-state index in [1.165, 1.54) is 10.8 Å². The number of halogens is 12. The Bertz CT molecular complexity index is 492. The van der Waals surface area contributed by atoms with Crippen molar-refractivity contribution in [1.82, 2.24) is 0 Å². The van der Waals surface area contributed by atoms with E-state index in [4.69, 9.17) is 0 Å². The standard InChI is InChI=1S/C10H8.3BF4.K.H/c1-2-6-10-8-4-3-7-9(10)5-1;3*2-1(3,4)5;;/h1-8H;;;;;/q;3*-1;+1;-1. The molecule has 0 spiro atoms. The molecule has 0 aromatic heterocycles. The predicted molar refractivity (Wildman–Crippen MR) is 75.6 cm³/mol. The molecule has 0 bridgehead atoms. The van der Waals surface area contributed by atoms with Gasteiger partial charge in [0.1, 0.15) is 0 Å². The van der Waals surface area contributed by atoms with Gasteiger partial charge in [-0.2, -0.15) is 0 Å². The number of rotatable bonds is 0. The summed E-state index contributed by atoms with van der Waals surface area (Å²) in [7, 11) is -18.0. The minimum absolute atomic E-state index is 0. The molecule has 2 rings (SSSR count). The average Bonchev–Trinajstić information content (AvgIpc) is 2.33. The molecule has 0 aliphatic heterocycles. The van der Waals surface area contributed by atoms with Crippen LogP contribution in [0.4, 0.5) is 51.8 Å². The van der Waals surface area contributed by atoms with Crippen LogP contribution in [0, 0.1) is 0 Å². The van der Waals surface area contributed by atoms with Gasteiger partial charge in [0, 0.05) is 0 Å². The molecule has 0 atom stereocenters. The van der Waals surface area contributed by atoms with E-state index in [9.17, 15) is 51.8 Å². The fourth-order valence-electron chi connectivity index (χ4n) is 1.13. The van der Waals surface area contributed by atoms with Crippen molar-refractivity contribution in [2.24, 2.45) is 0 Å². The van der Waals surface area contributed by atoms with Crippen molar-refractivity contribution >= 4 is 32.5 Å². The normalized spacial score (nSPS) is 10.8. The first-order valence-electron chi connectivity index (χ1n) is 6.02. The van der Waals surface area contributed by atoms with Crippen molar-refractivity contribution in [2.75, 3.05) is 0 Å². The quantitative estimate of drug-likeness (QED) is 0.442. The Morgan fingerprint density at radius 1 is 0.423 bits per heavy atom. The second-order valence-corrected chi connectivity index (χ2v) is 3.83. The van der Waals surface area contributed by atoms with Gasteiger partial charge in [0.2, 0.25) is 0 Å². The van der Waals surface area contributed by atoms with Crippen LogP contribution in [0.15, 0.2) is 48.5 Å². The number of hydrogen-bond donors (Lipinski definition) is 0. The summed E-state index contributed by atoms with van der Waals surface area (Å²) in [5, 5.41) is 2.62. The van der Waals surface area contributed by atoms with Crippen LogP contribution in [0.1, 0.15) is 1.43 Å². The van der Waals surface area contributed by atoms with E-state index >= 15 is 0 Å². The van der Waals surface area contributed by atoms with Crippen LogP contribution in [-0.4, -0.2) is 21.8 Å². The Kier molecular flexibility index (Phi) is 16.1. The topological polar surface area (TPSA) is 0 Å². The molecule has 0 aliphatic carbocycles. The average molecular weight is 429 g/mol. The number of hydrogen-bond acceptors (Lipinski definition) is 0. The molecule has 16 heteroatoms. The number of benzene rings is 2. The van der Waals surface area contributed by atoms with E-state index in [0.717, 1.165) is 0 Å². The molecular weight excluding hydrogens is 420 g/mol.